The Morgan fingerprint density at radius 1 is 1.19 bits per heavy atom. The molecule has 1 aromatic carbocycles. The van der Waals surface area contributed by atoms with Crippen LogP contribution in [0.15, 0.2) is 24.3 Å². The Hall–Kier alpha value is -2.32. The molecule has 1 aliphatic rings. The van der Waals surface area contributed by atoms with Crippen LogP contribution in [0.5, 0.6) is 0 Å². The van der Waals surface area contributed by atoms with Gasteiger partial charge >= 0.3 is 6.03 Å². The molecule has 0 saturated carbocycles. The molecule has 0 aromatic heterocycles. The van der Waals surface area contributed by atoms with Gasteiger partial charge in [0, 0.05) is 32.3 Å². The Balaban J connectivity index is 2.07. The van der Waals surface area contributed by atoms with Gasteiger partial charge in [-0.1, -0.05) is 23.7 Å². The monoisotopic (exact) mass is 452 g/mol. The Labute approximate surface area is 189 Å². The zero-order valence-electron chi connectivity index (χ0n) is 18.7. The maximum atomic E-state index is 12.9. The normalized spacial score (nSPS) is 15.8. The van der Waals surface area contributed by atoms with Crippen molar-refractivity contribution in [3.8, 4) is 0 Å². The molecule has 172 valence electrons. The molecule has 0 aliphatic carbocycles. The molecule has 1 aromatic rings. The Bertz CT molecular complexity index is 773. The highest BCUT2D eigenvalue weighted by molar-refractivity contribution is 6.33. The second-order valence-corrected chi connectivity index (χ2v) is 9.13. The molecule has 4 amide bonds. The number of benzene rings is 1. The molecule has 3 N–H and O–H groups in total. The number of urea groups is 1. The number of carbonyl (C=O) groups excluding carboxylic acids is 3. The fourth-order valence-corrected chi connectivity index (χ4v) is 3.71. The van der Waals surface area contributed by atoms with Crippen molar-refractivity contribution >= 4 is 29.4 Å². The summed E-state index contributed by atoms with van der Waals surface area (Å²) < 4.78 is 4.99. The minimum atomic E-state index is -0.728. The van der Waals surface area contributed by atoms with E-state index in [2.05, 4.69) is 16.0 Å². The number of rotatable bonds is 7. The van der Waals surface area contributed by atoms with Gasteiger partial charge in [-0.3, -0.25) is 9.59 Å². The van der Waals surface area contributed by atoms with Gasteiger partial charge in [-0.2, -0.15) is 0 Å². The van der Waals surface area contributed by atoms with Crippen molar-refractivity contribution in [2.45, 2.75) is 45.2 Å². The van der Waals surface area contributed by atoms with E-state index in [4.69, 9.17) is 16.3 Å². The standard InChI is InChI=1S/C22H33ClN4O4/c1-22(2,3)26-21(30)27-12-9-15(10-13-27)18(20(29)24-11-14-31-4)25-19(28)16-7-5-6-8-17(16)23/h5-8,15,18H,9-14H2,1-4H3,(H,24,29)(H,25,28)(H,26,30). The molecule has 1 fully saturated rings. The van der Waals surface area contributed by atoms with Crippen molar-refractivity contribution in [1.29, 1.82) is 0 Å². The van der Waals surface area contributed by atoms with Crippen molar-refractivity contribution in [3.63, 3.8) is 0 Å². The van der Waals surface area contributed by atoms with Crippen molar-refractivity contribution < 1.29 is 19.1 Å². The number of hydrogen-bond donors (Lipinski definition) is 3. The highest BCUT2D eigenvalue weighted by atomic mass is 35.5. The van der Waals surface area contributed by atoms with Crippen LogP contribution in [0.3, 0.4) is 0 Å². The lowest BCUT2D eigenvalue weighted by Gasteiger charge is -2.37. The van der Waals surface area contributed by atoms with Gasteiger partial charge in [0.2, 0.25) is 5.91 Å². The molecule has 2 rings (SSSR count). The van der Waals surface area contributed by atoms with Crippen LogP contribution in [0.2, 0.25) is 5.02 Å². The number of halogens is 1. The van der Waals surface area contributed by atoms with Crippen molar-refractivity contribution in [2.75, 3.05) is 33.4 Å². The third kappa shape index (κ3) is 7.70. The smallest absolute Gasteiger partial charge is 0.317 e. The molecule has 0 radical (unpaired) electrons. The summed E-state index contributed by atoms with van der Waals surface area (Å²) in [6, 6.07) is 5.88. The molecular weight excluding hydrogens is 420 g/mol. The summed E-state index contributed by atoms with van der Waals surface area (Å²) >= 11 is 6.15. The molecule has 1 aliphatic heterocycles. The van der Waals surface area contributed by atoms with Gasteiger partial charge in [0.15, 0.2) is 0 Å². The number of amides is 4. The van der Waals surface area contributed by atoms with E-state index in [9.17, 15) is 14.4 Å². The molecular formula is C22H33ClN4O4. The number of nitrogens with one attached hydrogen (secondary N) is 3. The van der Waals surface area contributed by atoms with E-state index < -0.39 is 11.9 Å². The summed E-state index contributed by atoms with van der Waals surface area (Å²) in [4.78, 5) is 39.9. The van der Waals surface area contributed by atoms with Crippen LogP contribution in [0.25, 0.3) is 0 Å². The number of likely N-dealkylation sites (tertiary alicyclic amines) is 1. The third-order valence-corrected chi connectivity index (χ3v) is 5.40. The van der Waals surface area contributed by atoms with Crippen LogP contribution in [0, 0.1) is 5.92 Å². The van der Waals surface area contributed by atoms with Crippen molar-refractivity contribution in [1.82, 2.24) is 20.9 Å². The first-order valence-corrected chi connectivity index (χ1v) is 10.9. The van der Waals surface area contributed by atoms with Gasteiger partial charge in [0.25, 0.3) is 5.91 Å². The van der Waals surface area contributed by atoms with Crippen molar-refractivity contribution in [3.05, 3.63) is 34.9 Å². The average molecular weight is 453 g/mol. The van der Waals surface area contributed by atoms with E-state index in [1.54, 1.807) is 36.3 Å². The van der Waals surface area contributed by atoms with Gasteiger partial charge < -0.3 is 25.6 Å². The zero-order valence-corrected chi connectivity index (χ0v) is 19.4. The largest absolute Gasteiger partial charge is 0.383 e. The lowest BCUT2D eigenvalue weighted by Crippen LogP contribution is -2.56. The van der Waals surface area contributed by atoms with E-state index in [1.165, 1.54) is 0 Å². The Kier molecular flexibility index (Phi) is 9.13. The zero-order chi connectivity index (χ0) is 23.0. The summed E-state index contributed by atoms with van der Waals surface area (Å²) in [5, 5.41) is 8.96. The summed E-state index contributed by atoms with van der Waals surface area (Å²) in [5.74, 6) is -0.770. The van der Waals surface area contributed by atoms with Crippen LogP contribution in [0.1, 0.15) is 44.0 Å². The number of carbonyl (C=O) groups is 3. The third-order valence-electron chi connectivity index (χ3n) is 5.07. The highest BCUT2D eigenvalue weighted by Crippen LogP contribution is 2.23. The van der Waals surface area contributed by atoms with Gasteiger partial charge in [0.05, 0.1) is 17.2 Å². The first-order chi connectivity index (χ1) is 14.6. The first-order valence-electron chi connectivity index (χ1n) is 10.5. The molecule has 8 nitrogen and oxygen atoms in total. The lowest BCUT2D eigenvalue weighted by atomic mass is 9.88. The summed E-state index contributed by atoms with van der Waals surface area (Å²) in [6.45, 7) is 7.54. The number of nitrogens with zero attached hydrogens (tertiary/aromatic N) is 1. The molecule has 0 spiro atoms. The summed E-state index contributed by atoms with van der Waals surface area (Å²) in [6.07, 6.45) is 1.20. The highest BCUT2D eigenvalue weighted by Gasteiger charge is 2.34. The lowest BCUT2D eigenvalue weighted by molar-refractivity contribution is -0.124. The van der Waals surface area contributed by atoms with E-state index in [0.29, 0.717) is 49.7 Å². The minimum absolute atomic E-state index is 0.104. The number of methoxy groups -OCH3 is 1. The summed E-state index contributed by atoms with van der Waals surface area (Å²) in [5.41, 5.74) is 0.00141. The molecule has 1 atom stereocenters. The minimum Gasteiger partial charge on any atom is -0.383 e. The maximum Gasteiger partial charge on any atom is 0.317 e. The molecule has 1 heterocycles. The van der Waals surface area contributed by atoms with Gasteiger partial charge in [-0.25, -0.2) is 4.79 Å². The van der Waals surface area contributed by atoms with E-state index in [0.717, 1.165) is 0 Å². The van der Waals surface area contributed by atoms with Crippen LogP contribution >= 0.6 is 11.6 Å². The first kappa shape index (κ1) is 24.9. The SMILES string of the molecule is COCCNC(=O)C(NC(=O)c1ccccc1Cl)C1CCN(C(=O)NC(C)(C)C)CC1. The number of piperidine rings is 1. The van der Waals surface area contributed by atoms with Crippen molar-refractivity contribution in [2.24, 2.45) is 5.92 Å². The van der Waals surface area contributed by atoms with Crippen LogP contribution in [-0.2, 0) is 9.53 Å². The fourth-order valence-electron chi connectivity index (χ4n) is 3.48. The van der Waals surface area contributed by atoms with Gasteiger partial charge in [-0.05, 0) is 51.7 Å². The van der Waals surface area contributed by atoms with E-state index in [1.807, 2.05) is 20.8 Å². The van der Waals surface area contributed by atoms with Gasteiger partial charge in [0.1, 0.15) is 6.04 Å². The average Bonchev–Trinajstić information content (AvgIpc) is 2.71. The van der Waals surface area contributed by atoms with E-state index in [-0.39, 0.29) is 23.4 Å². The number of ether oxygens (including phenoxy) is 1. The van der Waals surface area contributed by atoms with Crippen LogP contribution in [0.4, 0.5) is 4.79 Å². The predicted octanol–water partition coefficient (Wildman–Crippen LogP) is 2.42. The Morgan fingerprint density at radius 3 is 2.42 bits per heavy atom. The molecule has 1 unspecified atom stereocenters. The second-order valence-electron chi connectivity index (χ2n) is 8.72. The van der Waals surface area contributed by atoms with Gasteiger partial charge in [-0.15, -0.1) is 0 Å². The topological polar surface area (TPSA) is 99.8 Å². The quantitative estimate of drug-likeness (QED) is 0.553. The maximum absolute atomic E-state index is 12.9. The fraction of sp³-hybridized carbons (Fsp3) is 0.591. The number of hydrogen-bond acceptors (Lipinski definition) is 4. The summed E-state index contributed by atoms with van der Waals surface area (Å²) in [7, 11) is 1.56. The van der Waals surface area contributed by atoms with Crippen LogP contribution < -0.4 is 16.0 Å². The molecule has 1 saturated heterocycles. The Morgan fingerprint density at radius 2 is 1.84 bits per heavy atom. The van der Waals surface area contributed by atoms with Crippen LogP contribution in [-0.4, -0.2) is 67.7 Å². The molecule has 31 heavy (non-hydrogen) atoms. The predicted molar refractivity (Wildman–Crippen MR) is 120 cm³/mol. The van der Waals surface area contributed by atoms with E-state index >= 15 is 0 Å². The molecule has 9 heteroatoms. The second kappa shape index (κ2) is 11.3. The molecule has 0 bridgehead atoms.